The van der Waals surface area contributed by atoms with Gasteiger partial charge in [-0.25, -0.2) is 0 Å². The second-order valence-corrected chi connectivity index (χ2v) is 12.6. The molecule has 4 rings (SSSR count). The van der Waals surface area contributed by atoms with Crippen LogP contribution in [0.3, 0.4) is 0 Å². The standard InChI is InChI=1S/C30H48O4/c1-20(10-11-21(2)28(3,4)34-19-32-6)24-13-14-25-22(9-8-16-29(24,25)5)17-27(33-7)30-18-23(30)12-15-26(30)31/h10-11,17,20-21,23-25,27H,8-9,12-16,18-19H2,1-7H3/b11-10+,22-17+/t20-,21+,23-,24-,25+,27-,29-,30-/m1/s1. The van der Waals surface area contributed by atoms with Crippen molar-refractivity contribution >= 4 is 5.78 Å². The molecule has 0 saturated heterocycles. The highest BCUT2D eigenvalue weighted by Gasteiger charge is 2.67. The third kappa shape index (κ3) is 4.48. The highest BCUT2D eigenvalue weighted by Crippen LogP contribution is 2.65. The largest absolute Gasteiger partial charge is 0.376 e. The van der Waals surface area contributed by atoms with E-state index in [9.17, 15) is 4.79 Å². The van der Waals surface area contributed by atoms with E-state index in [1.807, 2.05) is 7.11 Å². The van der Waals surface area contributed by atoms with E-state index in [0.717, 1.165) is 19.3 Å². The number of methoxy groups -OCH3 is 2. The number of Topliss-reactive ketones (excluding diaryl/α,β-unsaturated/α-hetero) is 1. The van der Waals surface area contributed by atoms with Gasteiger partial charge in [-0.3, -0.25) is 4.79 Å². The molecule has 4 saturated carbocycles. The van der Waals surface area contributed by atoms with E-state index in [0.29, 0.717) is 47.6 Å². The van der Waals surface area contributed by atoms with Gasteiger partial charge in [0.25, 0.3) is 0 Å². The predicted octanol–water partition coefficient (Wildman–Crippen LogP) is 6.74. The number of ketones is 1. The zero-order valence-corrected chi connectivity index (χ0v) is 22.7. The summed E-state index contributed by atoms with van der Waals surface area (Å²) < 4.78 is 17.0. The average Bonchev–Trinajstić information content (AvgIpc) is 3.31. The molecule has 34 heavy (non-hydrogen) atoms. The van der Waals surface area contributed by atoms with Crippen LogP contribution in [0.2, 0.25) is 0 Å². The lowest BCUT2D eigenvalue weighted by Crippen LogP contribution is -2.37. The number of allylic oxidation sites excluding steroid dienone is 2. The van der Waals surface area contributed by atoms with Crippen molar-refractivity contribution in [1.82, 2.24) is 0 Å². The van der Waals surface area contributed by atoms with Crippen LogP contribution in [0.1, 0.15) is 86.0 Å². The molecular formula is C30H48O4. The molecule has 8 atom stereocenters. The Balaban J connectivity index is 1.47. The van der Waals surface area contributed by atoms with Crippen LogP contribution in [0.25, 0.3) is 0 Å². The van der Waals surface area contributed by atoms with Crippen molar-refractivity contribution in [1.29, 1.82) is 0 Å². The molecule has 0 aromatic rings. The summed E-state index contributed by atoms with van der Waals surface area (Å²) in [5.41, 5.74) is 1.48. The summed E-state index contributed by atoms with van der Waals surface area (Å²) in [4.78, 5) is 12.7. The number of carbonyl (C=O) groups excluding carboxylic acids is 1. The summed E-state index contributed by atoms with van der Waals surface area (Å²) in [6.07, 6.45) is 16.4. The fourth-order valence-electron chi connectivity index (χ4n) is 7.91. The zero-order chi connectivity index (χ0) is 24.7. The minimum atomic E-state index is -0.248. The first-order chi connectivity index (χ1) is 16.1. The Kier molecular flexibility index (Phi) is 7.54. The van der Waals surface area contributed by atoms with Gasteiger partial charge < -0.3 is 14.2 Å². The maximum absolute atomic E-state index is 12.7. The van der Waals surface area contributed by atoms with E-state index < -0.39 is 0 Å². The highest BCUT2D eigenvalue weighted by molar-refractivity contribution is 5.91. The summed E-state index contributed by atoms with van der Waals surface area (Å²) in [6, 6.07) is 0. The van der Waals surface area contributed by atoms with Gasteiger partial charge in [0.2, 0.25) is 0 Å². The van der Waals surface area contributed by atoms with Crippen molar-refractivity contribution in [3.63, 3.8) is 0 Å². The molecule has 0 N–H and O–H groups in total. The molecule has 0 radical (unpaired) electrons. The molecule has 4 fully saturated rings. The fourth-order valence-corrected chi connectivity index (χ4v) is 7.91. The van der Waals surface area contributed by atoms with Gasteiger partial charge in [0.15, 0.2) is 0 Å². The number of carbonyl (C=O) groups is 1. The Morgan fingerprint density at radius 3 is 2.50 bits per heavy atom. The number of fused-ring (bicyclic) bond motifs is 2. The van der Waals surface area contributed by atoms with Crippen LogP contribution in [0.4, 0.5) is 0 Å². The minimum absolute atomic E-state index is 0.0172. The van der Waals surface area contributed by atoms with E-state index in [1.165, 1.54) is 32.1 Å². The first-order valence-electron chi connectivity index (χ1n) is 13.7. The normalized spacial score (nSPS) is 39.3. The maximum Gasteiger partial charge on any atom is 0.147 e. The molecule has 192 valence electrons. The Morgan fingerprint density at radius 1 is 1.12 bits per heavy atom. The molecule has 0 bridgehead atoms. The molecule has 4 aliphatic rings. The monoisotopic (exact) mass is 472 g/mol. The average molecular weight is 473 g/mol. The molecule has 0 heterocycles. The maximum atomic E-state index is 12.7. The number of rotatable bonds is 10. The number of hydrogen-bond acceptors (Lipinski definition) is 4. The van der Waals surface area contributed by atoms with E-state index in [2.05, 4.69) is 52.8 Å². The SMILES string of the molecule is COCOC(C)(C)[C@@H](C)/C=C/[C@@H](C)[C@H]1CC[C@H]2/C(=C/[C@@H](OC)[C@]34C[C@H]3CCC4=O)CCC[C@]12C. The summed E-state index contributed by atoms with van der Waals surface area (Å²) in [7, 11) is 3.48. The van der Waals surface area contributed by atoms with Crippen LogP contribution < -0.4 is 0 Å². The third-order valence-electron chi connectivity index (χ3n) is 10.5. The summed E-state index contributed by atoms with van der Waals surface area (Å²) in [6.45, 7) is 11.8. The van der Waals surface area contributed by atoms with E-state index in [4.69, 9.17) is 14.2 Å². The van der Waals surface area contributed by atoms with Gasteiger partial charge in [0, 0.05) is 26.6 Å². The molecule has 4 heteroatoms. The number of hydrogen-bond donors (Lipinski definition) is 0. The minimum Gasteiger partial charge on any atom is -0.376 e. The van der Waals surface area contributed by atoms with Crippen LogP contribution in [0.5, 0.6) is 0 Å². The fraction of sp³-hybridized carbons (Fsp3) is 0.833. The van der Waals surface area contributed by atoms with Gasteiger partial charge in [-0.1, -0.05) is 44.6 Å². The van der Waals surface area contributed by atoms with E-state index in [-0.39, 0.29) is 17.1 Å². The van der Waals surface area contributed by atoms with Crippen LogP contribution >= 0.6 is 0 Å². The lowest BCUT2D eigenvalue weighted by atomic mass is 9.61. The molecule has 0 aliphatic heterocycles. The van der Waals surface area contributed by atoms with Crippen LogP contribution in [0.15, 0.2) is 23.8 Å². The van der Waals surface area contributed by atoms with Gasteiger partial charge in [-0.05, 0) is 87.9 Å². The lowest BCUT2D eigenvalue weighted by molar-refractivity contribution is -0.128. The zero-order valence-electron chi connectivity index (χ0n) is 22.7. The molecule has 0 aromatic heterocycles. The van der Waals surface area contributed by atoms with Crippen molar-refractivity contribution in [2.24, 2.45) is 40.4 Å². The van der Waals surface area contributed by atoms with Gasteiger partial charge in [-0.15, -0.1) is 0 Å². The summed E-state index contributed by atoms with van der Waals surface area (Å²) in [5.74, 6) is 3.19. The van der Waals surface area contributed by atoms with Gasteiger partial charge in [0.05, 0.1) is 17.1 Å². The highest BCUT2D eigenvalue weighted by atomic mass is 16.7. The van der Waals surface area contributed by atoms with Crippen LogP contribution in [-0.4, -0.2) is 38.5 Å². The Labute approximate surface area is 207 Å². The molecule has 0 aromatic carbocycles. The summed E-state index contributed by atoms with van der Waals surface area (Å²) in [5, 5.41) is 0. The predicted molar refractivity (Wildman–Crippen MR) is 136 cm³/mol. The molecule has 4 nitrogen and oxygen atoms in total. The van der Waals surface area contributed by atoms with Gasteiger partial charge in [0.1, 0.15) is 12.6 Å². The van der Waals surface area contributed by atoms with Crippen molar-refractivity contribution < 1.29 is 19.0 Å². The van der Waals surface area contributed by atoms with Crippen molar-refractivity contribution in [2.75, 3.05) is 21.0 Å². The van der Waals surface area contributed by atoms with Gasteiger partial charge >= 0.3 is 0 Å². The topological polar surface area (TPSA) is 44.8 Å². The Hall–Kier alpha value is -0.970. The first kappa shape index (κ1) is 26.1. The molecule has 0 unspecified atom stereocenters. The molecule has 0 spiro atoms. The van der Waals surface area contributed by atoms with Crippen molar-refractivity contribution in [3.05, 3.63) is 23.8 Å². The van der Waals surface area contributed by atoms with Crippen molar-refractivity contribution in [3.8, 4) is 0 Å². The number of ether oxygens (including phenoxy) is 3. The van der Waals surface area contributed by atoms with Crippen LogP contribution in [0, 0.1) is 40.4 Å². The van der Waals surface area contributed by atoms with E-state index in [1.54, 1.807) is 12.7 Å². The van der Waals surface area contributed by atoms with Gasteiger partial charge in [-0.2, -0.15) is 0 Å². The first-order valence-corrected chi connectivity index (χ1v) is 13.7. The summed E-state index contributed by atoms with van der Waals surface area (Å²) >= 11 is 0. The lowest BCUT2D eigenvalue weighted by Gasteiger charge is -2.44. The smallest absolute Gasteiger partial charge is 0.147 e. The molecular weight excluding hydrogens is 424 g/mol. The Bertz CT molecular complexity index is 813. The second-order valence-electron chi connectivity index (χ2n) is 12.6. The van der Waals surface area contributed by atoms with E-state index >= 15 is 0 Å². The second kappa shape index (κ2) is 9.82. The van der Waals surface area contributed by atoms with Crippen molar-refractivity contribution in [2.45, 2.75) is 97.7 Å². The Morgan fingerprint density at radius 2 is 1.88 bits per heavy atom. The van der Waals surface area contributed by atoms with Crippen LogP contribution in [-0.2, 0) is 19.0 Å². The molecule has 4 aliphatic carbocycles. The third-order valence-corrected chi connectivity index (χ3v) is 10.5. The quantitative estimate of drug-likeness (QED) is 0.261. The molecule has 0 amide bonds.